The van der Waals surface area contributed by atoms with Crippen LogP contribution in [0.4, 0.5) is 0 Å². The molecule has 1 aromatic rings. The van der Waals surface area contributed by atoms with E-state index in [9.17, 15) is 0 Å². The third-order valence-corrected chi connectivity index (χ3v) is 4.86. The molecule has 0 spiro atoms. The lowest BCUT2D eigenvalue weighted by molar-refractivity contribution is 0.414. The summed E-state index contributed by atoms with van der Waals surface area (Å²) in [5, 5.41) is 3.94. The number of nitrogens with zero attached hydrogens (tertiary/aromatic N) is 1. The molecule has 1 fully saturated rings. The van der Waals surface area contributed by atoms with Crippen LogP contribution in [0.1, 0.15) is 55.6 Å². The standard InChI is InChI=1S/C12H20BNS/c1-10-9-15-11(14-10)12(13)7-5-3-2-4-6-8-12/h9H,2-8,13H2,1H3. The van der Waals surface area contributed by atoms with Crippen LogP contribution < -0.4 is 0 Å². The second-order valence-electron chi connectivity index (χ2n) is 5.12. The Morgan fingerprint density at radius 2 is 1.80 bits per heavy atom. The van der Waals surface area contributed by atoms with Gasteiger partial charge >= 0.3 is 0 Å². The zero-order valence-electron chi connectivity index (χ0n) is 9.88. The Bertz CT molecular complexity index is 313. The summed E-state index contributed by atoms with van der Waals surface area (Å²) in [4.78, 5) is 4.70. The van der Waals surface area contributed by atoms with Crippen molar-refractivity contribution in [3.8, 4) is 0 Å². The number of aryl methyl sites for hydroxylation is 1. The molecule has 1 aliphatic carbocycles. The fraction of sp³-hybridized carbons (Fsp3) is 0.750. The maximum atomic E-state index is 4.70. The van der Waals surface area contributed by atoms with Crippen LogP contribution in [-0.4, -0.2) is 12.8 Å². The molecule has 82 valence electrons. The summed E-state index contributed by atoms with van der Waals surface area (Å²) in [5.41, 5.74) is 1.19. The van der Waals surface area contributed by atoms with Gasteiger partial charge in [-0.2, -0.15) is 0 Å². The van der Waals surface area contributed by atoms with Gasteiger partial charge in [0.05, 0.1) is 5.01 Å². The van der Waals surface area contributed by atoms with Crippen molar-refractivity contribution < 1.29 is 0 Å². The zero-order valence-corrected chi connectivity index (χ0v) is 10.7. The number of hydrogen-bond donors (Lipinski definition) is 0. The van der Waals surface area contributed by atoms with Crippen molar-refractivity contribution in [2.45, 2.75) is 57.2 Å². The van der Waals surface area contributed by atoms with Gasteiger partial charge in [0, 0.05) is 11.1 Å². The third-order valence-electron chi connectivity index (χ3n) is 3.59. The van der Waals surface area contributed by atoms with Gasteiger partial charge in [-0.25, -0.2) is 4.98 Å². The number of thiazole rings is 1. The number of hydrogen-bond acceptors (Lipinski definition) is 2. The van der Waals surface area contributed by atoms with Crippen molar-refractivity contribution in [1.82, 2.24) is 4.98 Å². The Kier molecular flexibility index (Phi) is 3.50. The fourth-order valence-corrected chi connectivity index (χ4v) is 3.55. The summed E-state index contributed by atoms with van der Waals surface area (Å²) >= 11 is 1.86. The highest BCUT2D eigenvalue weighted by molar-refractivity contribution is 7.10. The molecule has 1 heterocycles. The Morgan fingerprint density at radius 1 is 1.20 bits per heavy atom. The maximum absolute atomic E-state index is 4.70. The molecule has 2 rings (SSSR count). The molecular weight excluding hydrogens is 201 g/mol. The van der Waals surface area contributed by atoms with Gasteiger partial charge in [-0.05, 0) is 25.1 Å². The lowest BCUT2D eigenvalue weighted by Crippen LogP contribution is -2.27. The Hall–Kier alpha value is -0.305. The lowest BCUT2D eigenvalue weighted by Gasteiger charge is -2.29. The summed E-state index contributed by atoms with van der Waals surface area (Å²) in [6, 6.07) is 0. The van der Waals surface area contributed by atoms with Crippen molar-refractivity contribution in [2.75, 3.05) is 0 Å². The van der Waals surface area contributed by atoms with E-state index in [4.69, 9.17) is 4.98 Å². The van der Waals surface area contributed by atoms with Crippen LogP contribution in [0.2, 0.25) is 0 Å². The van der Waals surface area contributed by atoms with Crippen LogP contribution in [0, 0.1) is 6.92 Å². The normalized spacial score (nSPS) is 21.9. The minimum absolute atomic E-state index is 0.374. The van der Waals surface area contributed by atoms with Gasteiger partial charge in [0.25, 0.3) is 0 Å². The highest BCUT2D eigenvalue weighted by Gasteiger charge is 2.29. The summed E-state index contributed by atoms with van der Waals surface area (Å²) < 4.78 is 0. The topological polar surface area (TPSA) is 12.9 Å². The fourth-order valence-electron chi connectivity index (χ4n) is 2.53. The maximum Gasteiger partial charge on any atom is 0.118 e. The summed E-state index contributed by atoms with van der Waals surface area (Å²) in [6.07, 6.45) is 9.71. The largest absolute Gasteiger partial charge is 0.247 e. The van der Waals surface area contributed by atoms with E-state index in [0.29, 0.717) is 5.31 Å². The molecule has 1 nitrogen and oxygen atoms in total. The van der Waals surface area contributed by atoms with E-state index in [1.165, 1.54) is 55.6 Å². The van der Waals surface area contributed by atoms with Crippen molar-refractivity contribution in [1.29, 1.82) is 0 Å². The molecule has 0 radical (unpaired) electrons. The summed E-state index contributed by atoms with van der Waals surface area (Å²) in [7, 11) is 2.41. The quantitative estimate of drug-likeness (QED) is 0.664. The number of aromatic nitrogens is 1. The average Bonchev–Trinajstić information content (AvgIpc) is 2.59. The minimum Gasteiger partial charge on any atom is -0.247 e. The van der Waals surface area contributed by atoms with Crippen LogP contribution >= 0.6 is 11.3 Å². The second kappa shape index (κ2) is 4.69. The zero-order chi connectivity index (χ0) is 10.7. The molecule has 0 saturated heterocycles. The van der Waals surface area contributed by atoms with Crippen LogP contribution in [0.25, 0.3) is 0 Å². The van der Waals surface area contributed by atoms with E-state index < -0.39 is 0 Å². The minimum atomic E-state index is 0.374. The Morgan fingerprint density at radius 3 is 2.33 bits per heavy atom. The summed E-state index contributed by atoms with van der Waals surface area (Å²) in [5.74, 6) is 0. The van der Waals surface area contributed by atoms with E-state index in [1.807, 2.05) is 11.3 Å². The second-order valence-corrected chi connectivity index (χ2v) is 5.98. The molecule has 0 unspecified atom stereocenters. The highest BCUT2D eigenvalue weighted by Crippen LogP contribution is 2.36. The van der Waals surface area contributed by atoms with Crippen LogP contribution in [0.5, 0.6) is 0 Å². The van der Waals surface area contributed by atoms with E-state index in [-0.39, 0.29) is 0 Å². The molecule has 3 heteroatoms. The predicted octanol–water partition coefficient (Wildman–Crippen LogP) is 3.02. The molecule has 1 aliphatic rings. The van der Waals surface area contributed by atoms with Gasteiger partial charge in [0.2, 0.25) is 0 Å². The van der Waals surface area contributed by atoms with Crippen LogP contribution in [0.3, 0.4) is 0 Å². The van der Waals surface area contributed by atoms with E-state index in [0.717, 1.165) is 0 Å². The van der Waals surface area contributed by atoms with Gasteiger partial charge in [0.15, 0.2) is 0 Å². The molecule has 0 aromatic carbocycles. The first kappa shape index (κ1) is 11.2. The van der Waals surface area contributed by atoms with E-state index in [1.54, 1.807) is 0 Å². The molecule has 1 aromatic heterocycles. The molecule has 1 saturated carbocycles. The lowest BCUT2D eigenvalue weighted by atomic mass is 9.62. The van der Waals surface area contributed by atoms with E-state index >= 15 is 0 Å². The van der Waals surface area contributed by atoms with Gasteiger partial charge in [0.1, 0.15) is 7.85 Å². The van der Waals surface area contributed by atoms with Crippen molar-refractivity contribution in [3.63, 3.8) is 0 Å². The highest BCUT2D eigenvalue weighted by atomic mass is 32.1. The average molecular weight is 221 g/mol. The van der Waals surface area contributed by atoms with Gasteiger partial charge in [-0.3, -0.25) is 0 Å². The first-order chi connectivity index (χ1) is 7.21. The van der Waals surface area contributed by atoms with E-state index in [2.05, 4.69) is 20.2 Å². The molecule has 0 aliphatic heterocycles. The van der Waals surface area contributed by atoms with Gasteiger partial charge < -0.3 is 0 Å². The van der Waals surface area contributed by atoms with Crippen molar-refractivity contribution in [3.05, 3.63) is 16.1 Å². The van der Waals surface area contributed by atoms with Crippen LogP contribution in [-0.2, 0) is 5.31 Å². The molecule has 0 bridgehead atoms. The SMILES string of the molecule is BC1(c2nc(C)cs2)CCCCCCC1. The molecule has 0 amide bonds. The molecular formula is C12H20BNS. The van der Waals surface area contributed by atoms with Crippen molar-refractivity contribution >= 4 is 19.2 Å². The summed E-state index contributed by atoms with van der Waals surface area (Å²) in [6.45, 7) is 2.10. The van der Waals surface area contributed by atoms with Gasteiger partial charge in [-0.15, -0.1) is 11.3 Å². The first-order valence-electron chi connectivity index (χ1n) is 6.13. The Balaban J connectivity index is 2.15. The molecule has 0 atom stereocenters. The predicted molar refractivity (Wildman–Crippen MR) is 69.4 cm³/mol. The monoisotopic (exact) mass is 221 g/mol. The number of rotatable bonds is 1. The van der Waals surface area contributed by atoms with Crippen molar-refractivity contribution in [2.24, 2.45) is 0 Å². The first-order valence-corrected chi connectivity index (χ1v) is 7.01. The van der Waals surface area contributed by atoms with Crippen LogP contribution in [0.15, 0.2) is 5.38 Å². The molecule has 15 heavy (non-hydrogen) atoms. The van der Waals surface area contributed by atoms with Gasteiger partial charge in [-0.1, -0.05) is 32.1 Å². The Labute approximate surface area is 97.7 Å². The third kappa shape index (κ3) is 2.63. The smallest absolute Gasteiger partial charge is 0.118 e. The molecule has 0 N–H and O–H groups in total.